The summed E-state index contributed by atoms with van der Waals surface area (Å²) in [6.45, 7) is 3.78. The van der Waals surface area contributed by atoms with Crippen molar-refractivity contribution in [3.8, 4) is 16.9 Å². The highest BCUT2D eigenvalue weighted by Gasteiger charge is 2.11. The van der Waals surface area contributed by atoms with Crippen LogP contribution < -0.4 is 0 Å². The molecule has 0 atom stereocenters. The number of hydrogen-bond donors (Lipinski definition) is 1. The van der Waals surface area contributed by atoms with Crippen LogP contribution in [0.15, 0.2) is 54.6 Å². The maximum atomic E-state index is 12.0. The topological polar surface area (TPSA) is 54.4 Å². The minimum Gasteiger partial charge on any atom is -0.507 e. The molecule has 24 heavy (non-hydrogen) atoms. The van der Waals surface area contributed by atoms with Gasteiger partial charge in [0.25, 0.3) is 0 Å². The fourth-order valence-electron chi connectivity index (χ4n) is 2.81. The predicted octanol–water partition coefficient (Wildman–Crippen LogP) is 4.86. The Balaban J connectivity index is 2.02. The van der Waals surface area contributed by atoms with Gasteiger partial charge >= 0.3 is 0 Å². The second-order valence-corrected chi connectivity index (χ2v) is 6.15. The van der Waals surface area contributed by atoms with Crippen molar-refractivity contribution in [1.82, 2.24) is 0 Å². The van der Waals surface area contributed by atoms with Crippen molar-refractivity contribution in [3.05, 3.63) is 65.7 Å². The van der Waals surface area contributed by atoms with Crippen LogP contribution in [-0.4, -0.2) is 17.2 Å². The Morgan fingerprint density at radius 2 is 1.62 bits per heavy atom. The first-order valence-electron chi connectivity index (χ1n) is 7.87. The smallest absolute Gasteiger partial charge is 0.165 e. The van der Waals surface area contributed by atoms with Crippen molar-refractivity contribution >= 4 is 22.8 Å². The summed E-state index contributed by atoms with van der Waals surface area (Å²) in [5, 5.41) is 11.4. The van der Waals surface area contributed by atoms with E-state index < -0.39 is 0 Å². The number of phenolic OH excluding ortho intramolecular Hbond substituents is 1. The van der Waals surface area contributed by atoms with E-state index in [1.807, 2.05) is 56.3 Å². The van der Waals surface area contributed by atoms with Crippen LogP contribution in [-0.2, 0) is 0 Å². The molecule has 0 saturated carbocycles. The molecule has 0 fully saturated rings. The Kier molecular flexibility index (Phi) is 4.17. The van der Waals surface area contributed by atoms with Gasteiger partial charge < -0.3 is 5.11 Å². The molecule has 1 N–H and O–H groups in total. The van der Waals surface area contributed by atoms with Crippen molar-refractivity contribution in [2.45, 2.75) is 13.8 Å². The molecule has 0 spiro atoms. The SMILES string of the molecule is CC(C)C(=O)c1ccc(-c2ccc3c(C=O)c(O)ccc3c2)cc1. The van der Waals surface area contributed by atoms with E-state index in [0.29, 0.717) is 17.4 Å². The monoisotopic (exact) mass is 318 g/mol. The van der Waals surface area contributed by atoms with Crippen LogP contribution in [0, 0.1) is 5.92 Å². The van der Waals surface area contributed by atoms with Gasteiger partial charge in [-0.05, 0) is 34.0 Å². The zero-order valence-corrected chi connectivity index (χ0v) is 13.6. The number of ketones is 1. The van der Waals surface area contributed by atoms with Gasteiger partial charge in [-0.15, -0.1) is 0 Å². The van der Waals surface area contributed by atoms with Gasteiger partial charge in [-0.2, -0.15) is 0 Å². The lowest BCUT2D eigenvalue weighted by molar-refractivity contribution is 0.0939. The second-order valence-electron chi connectivity index (χ2n) is 6.15. The Morgan fingerprint density at radius 3 is 2.25 bits per heavy atom. The fourth-order valence-corrected chi connectivity index (χ4v) is 2.81. The van der Waals surface area contributed by atoms with Crippen molar-refractivity contribution in [2.75, 3.05) is 0 Å². The van der Waals surface area contributed by atoms with Gasteiger partial charge in [0, 0.05) is 11.5 Å². The highest BCUT2D eigenvalue weighted by atomic mass is 16.3. The lowest BCUT2D eigenvalue weighted by Crippen LogP contribution is -2.06. The molecule has 0 amide bonds. The highest BCUT2D eigenvalue weighted by Crippen LogP contribution is 2.30. The largest absolute Gasteiger partial charge is 0.507 e. The summed E-state index contributed by atoms with van der Waals surface area (Å²) in [6.07, 6.45) is 0.670. The van der Waals surface area contributed by atoms with Crippen molar-refractivity contribution in [3.63, 3.8) is 0 Å². The van der Waals surface area contributed by atoms with Crippen LogP contribution in [0.25, 0.3) is 21.9 Å². The number of carbonyl (C=O) groups excluding carboxylic acids is 2. The lowest BCUT2D eigenvalue weighted by Gasteiger charge is -2.08. The molecule has 3 aromatic rings. The Hall–Kier alpha value is -2.94. The summed E-state index contributed by atoms with van der Waals surface area (Å²) in [5.41, 5.74) is 3.01. The van der Waals surface area contributed by atoms with Gasteiger partial charge in [0.2, 0.25) is 0 Å². The molecule has 0 unspecified atom stereocenters. The zero-order valence-electron chi connectivity index (χ0n) is 13.6. The van der Waals surface area contributed by atoms with Crippen molar-refractivity contribution < 1.29 is 14.7 Å². The molecule has 0 aliphatic carbocycles. The summed E-state index contributed by atoms with van der Waals surface area (Å²) >= 11 is 0. The number of Topliss-reactive ketones (excluding diaryl/α,β-unsaturated/α-hetero) is 1. The average Bonchev–Trinajstić information content (AvgIpc) is 2.60. The van der Waals surface area contributed by atoms with E-state index in [0.717, 1.165) is 21.9 Å². The fraction of sp³-hybridized carbons (Fsp3) is 0.143. The minimum atomic E-state index is -0.0223. The molecule has 0 aromatic heterocycles. The number of fused-ring (bicyclic) bond motifs is 1. The van der Waals surface area contributed by atoms with Gasteiger partial charge in [-0.1, -0.05) is 56.3 Å². The lowest BCUT2D eigenvalue weighted by atomic mass is 9.96. The molecular weight excluding hydrogens is 300 g/mol. The quantitative estimate of drug-likeness (QED) is 0.552. The molecule has 0 heterocycles. The molecule has 0 aliphatic heterocycles. The molecule has 120 valence electrons. The van der Waals surface area contributed by atoms with Gasteiger partial charge in [0.15, 0.2) is 12.1 Å². The minimum absolute atomic E-state index is 0.0122. The normalized spacial score (nSPS) is 11.0. The number of hydrogen-bond acceptors (Lipinski definition) is 3. The standard InChI is InChI=1S/C21H18O3/c1-13(2)21(24)15-5-3-14(4-6-15)16-7-9-18-17(11-16)8-10-20(23)19(18)12-22/h3-13,23H,1-2H3. The van der Waals surface area contributed by atoms with Gasteiger partial charge in [-0.25, -0.2) is 0 Å². The number of benzene rings is 3. The van der Waals surface area contributed by atoms with E-state index in [-0.39, 0.29) is 17.5 Å². The van der Waals surface area contributed by atoms with Crippen molar-refractivity contribution in [2.24, 2.45) is 5.92 Å². The van der Waals surface area contributed by atoms with E-state index in [1.165, 1.54) is 6.07 Å². The summed E-state index contributed by atoms with van der Waals surface area (Å²) in [6, 6.07) is 16.6. The molecular formula is C21H18O3. The summed E-state index contributed by atoms with van der Waals surface area (Å²) in [4.78, 5) is 23.2. The van der Waals surface area contributed by atoms with E-state index >= 15 is 0 Å². The number of aromatic hydroxyl groups is 1. The molecule has 3 heteroatoms. The number of aldehydes is 1. The first-order valence-corrected chi connectivity index (χ1v) is 7.87. The van der Waals surface area contributed by atoms with E-state index in [2.05, 4.69) is 0 Å². The van der Waals surface area contributed by atoms with Crippen LogP contribution in [0.1, 0.15) is 34.6 Å². The molecule has 3 nitrogen and oxygen atoms in total. The molecule has 3 rings (SSSR count). The first kappa shape index (κ1) is 15.9. The zero-order chi connectivity index (χ0) is 17.3. The number of rotatable bonds is 4. The predicted molar refractivity (Wildman–Crippen MR) is 95.6 cm³/mol. The van der Waals surface area contributed by atoms with E-state index in [1.54, 1.807) is 6.07 Å². The maximum absolute atomic E-state index is 12.0. The van der Waals surface area contributed by atoms with E-state index in [9.17, 15) is 14.7 Å². The maximum Gasteiger partial charge on any atom is 0.165 e. The summed E-state index contributed by atoms with van der Waals surface area (Å²) in [7, 11) is 0. The molecule has 0 bridgehead atoms. The molecule has 0 radical (unpaired) electrons. The number of phenols is 1. The third-order valence-electron chi connectivity index (χ3n) is 4.18. The molecule has 3 aromatic carbocycles. The third-order valence-corrected chi connectivity index (χ3v) is 4.18. The Labute approximate surface area is 140 Å². The van der Waals surface area contributed by atoms with Crippen LogP contribution in [0.5, 0.6) is 5.75 Å². The van der Waals surface area contributed by atoms with E-state index in [4.69, 9.17) is 0 Å². The Bertz CT molecular complexity index is 922. The van der Waals surface area contributed by atoms with Crippen LogP contribution in [0.2, 0.25) is 0 Å². The first-order chi connectivity index (χ1) is 11.5. The molecule has 0 aliphatic rings. The number of carbonyl (C=O) groups is 2. The van der Waals surface area contributed by atoms with Crippen molar-refractivity contribution in [1.29, 1.82) is 0 Å². The van der Waals surface area contributed by atoms with Crippen LogP contribution in [0.3, 0.4) is 0 Å². The van der Waals surface area contributed by atoms with Crippen LogP contribution >= 0.6 is 0 Å². The second kappa shape index (κ2) is 6.28. The van der Waals surface area contributed by atoms with Gasteiger partial charge in [0.05, 0.1) is 5.56 Å². The van der Waals surface area contributed by atoms with Crippen LogP contribution in [0.4, 0.5) is 0 Å². The average molecular weight is 318 g/mol. The third kappa shape index (κ3) is 2.81. The van der Waals surface area contributed by atoms with Gasteiger partial charge in [0.1, 0.15) is 5.75 Å². The summed E-state index contributed by atoms with van der Waals surface area (Å²) < 4.78 is 0. The highest BCUT2D eigenvalue weighted by molar-refractivity contribution is 6.02. The summed E-state index contributed by atoms with van der Waals surface area (Å²) in [5.74, 6) is 0.0962. The van der Waals surface area contributed by atoms with Gasteiger partial charge in [-0.3, -0.25) is 9.59 Å². The molecule has 0 saturated heterocycles. The Morgan fingerprint density at radius 1 is 0.958 bits per heavy atom.